The van der Waals surface area contributed by atoms with Crippen molar-refractivity contribution in [1.82, 2.24) is 20.2 Å². The number of alkyl carbamates (subject to hydrolysis) is 1. The van der Waals surface area contributed by atoms with E-state index in [1.165, 1.54) is 35.2 Å². The van der Waals surface area contributed by atoms with E-state index >= 15 is 0 Å². The second-order valence-corrected chi connectivity index (χ2v) is 16.8. The van der Waals surface area contributed by atoms with E-state index in [4.69, 9.17) is 9.47 Å². The van der Waals surface area contributed by atoms with Gasteiger partial charge in [0.25, 0.3) is 15.9 Å². The summed E-state index contributed by atoms with van der Waals surface area (Å²) in [6.07, 6.45) is -4.01. The van der Waals surface area contributed by atoms with Crippen LogP contribution in [-0.4, -0.2) is 71.8 Å². The third kappa shape index (κ3) is 8.13. The van der Waals surface area contributed by atoms with Gasteiger partial charge in [0, 0.05) is 29.3 Å². The Morgan fingerprint density at radius 1 is 1.02 bits per heavy atom. The van der Waals surface area contributed by atoms with E-state index in [0.717, 1.165) is 16.7 Å². The summed E-state index contributed by atoms with van der Waals surface area (Å²) in [6, 6.07) is 10.7. The number of carbonyl (C=O) groups is 2. The molecule has 2 aliphatic carbocycles. The fourth-order valence-electron chi connectivity index (χ4n) is 7.24. The first kappa shape index (κ1) is 37.4. The number of aromatic nitrogens is 2. The van der Waals surface area contributed by atoms with Crippen molar-refractivity contribution in [1.29, 1.82) is 0 Å². The molecule has 52 heavy (non-hydrogen) atoms. The molecule has 2 heterocycles. The summed E-state index contributed by atoms with van der Waals surface area (Å²) in [5, 5.41) is 2.87. The predicted octanol–water partition coefficient (Wildman–Crippen LogP) is 7.33. The average Bonchev–Trinajstić information content (AvgIpc) is 3.84. The highest BCUT2D eigenvalue weighted by Gasteiger charge is 2.64. The molecule has 1 atom stereocenters. The van der Waals surface area contributed by atoms with E-state index in [1.807, 2.05) is 32.0 Å². The number of carbonyl (C=O) groups excluding carboxylic acids is 2. The zero-order chi connectivity index (χ0) is 37.6. The van der Waals surface area contributed by atoms with Crippen LogP contribution in [0.5, 0.6) is 5.88 Å². The third-order valence-corrected chi connectivity index (χ3v) is 11.3. The van der Waals surface area contributed by atoms with E-state index in [1.54, 1.807) is 20.8 Å². The SMILES string of the molecule is Cc1cccc(C)c1-c1cc2nc(n1)NS(=O)(=O)c1cccc(c1)C(=O)N(C1CCC(NC(=O)OC(C)(C)C)CC1)[C@H](CC1(C(F)(F)F)CC1)CO2. The van der Waals surface area contributed by atoms with Gasteiger partial charge in [-0.05, 0) is 109 Å². The lowest BCUT2D eigenvalue weighted by molar-refractivity contribution is -0.193. The maximum absolute atomic E-state index is 14.6. The lowest BCUT2D eigenvalue weighted by Gasteiger charge is -2.43. The lowest BCUT2D eigenvalue weighted by atomic mass is 9.87. The Morgan fingerprint density at radius 3 is 2.29 bits per heavy atom. The third-order valence-electron chi connectivity index (χ3n) is 10.0. The van der Waals surface area contributed by atoms with Crippen molar-refractivity contribution in [3.8, 4) is 17.1 Å². The molecule has 15 heteroatoms. The van der Waals surface area contributed by atoms with Crippen molar-refractivity contribution in [3.05, 3.63) is 65.2 Å². The van der Waals surface area contributed by atoms with E-state index in [2.05, 4.69) is 20.0 Å². The number of aryl methyl sites for hydroxylation is 2. The van der Waals surface area contributed by atoms with E-state index in [-0.39, 0.29) is 47.8 Å². The number of halogens is 3. The molecular weight excluding hydrogens is 699 g/mol. The number of sulfonamides is 1. The molecule has 2 fully saturated rings. The molecule has 0 unspecified atom stereocenters. The van der Waals surface area contributed by atoms with Gasteiger partial charge >= 0.3 is 12.3 Å². The normalized spacial score (nSPS) is 22.8. The smallest absolute Gasteiger partial charge is 0.407 e. The number of hydrogen-bond acceptors (Lipinski definition) is 8. The van der Waals surface area contributed by atoms with Gasteiger partial charge in [-0.1, -0.05) is 24.3 Å². The zero-order valence-corrected chi connectivity index (χ0v) is 30.7. The van der Waals surface area contributed by atoms with Gasteiger partial charge in [-0.2, -0.15) is 18.2 Å². The molecule has 3 aliphatic rings. The molecule has 11 nitrogen and oxygen atoms in total. The van der Waals surface area contributed by atoms with Gasteiger partial charge in [0.05, 0.1) is 22.0 Å². The Balaban J connectivity index is 1.41. The second kappa shape index (κ2) is 13.9. The number of nitrogens with zero attached hydrogens (tertiary/aromatic N) is 3. The molecule has 0 radical (unpaired) electrons. The van der Waals surface area contributed by atoms with Gasteiger partial charge in [-0.15, -0.1) is 0 Å². The Labute approximate surface area is 301 Å². The highest BCUT2D eigenvalue weighted by atomic mass is 32.2. The number of alkyl halides is 3. The standard InChI is InChI=1S/C37H44F3N5O6S/c1-22-8-6-9-23(2)31(22)29-19-30-43-33(42-29)44-52(48,49)28-11-7-10-24(18-28)32(46)45(27(21-50-30)20-36(16-17-36)37(38,39)40)26-14-12-25(13-15-26)41-34(47)51-35(3,4)5/h6-11,18-19,25-27H,12-17,20-21H2,1-5H3,(H,41,47)(H,42,43,44)/t25?,26?,27-/m1/s1. The number of rotatable bonds is 5. The highest BCUT2D eigenvalue weighted by Crippen LogP contribution is 2.61. The molecule has 6 rings (SSSR count). The van der Waals surface area contributed by atoms with Crippen LogP contribution in [-0.2, 0) is 14.8 Å². The molecule has 0 saturated heterocycles. The van der Waals surface area contributed by atoms with E-state index in [9.17, 15) is 31.2 Å². The summed E-state index contributed by atoms with van der Waals surface area (Å²) >= 11 is 0. The largest absolute Gasteiger partial charge is 0.475 e. The van der Waals surface area contributed by atoms with Crippen molar-refractivity contribution in [2.75, 3.05) is 11.3 Å². The Hall–Kier alpha value is -4.40. The average molecular weight is 744 g/mol. The minimum Gasteiger partial charge on any atom is -0.475 e. The van der Waals surface area contributed by atoms with Crippen LogP contribution in [0.3, 0.4) is 0 Å². The van der Waals surface area contributed by atoms with Crippen LogP contribution in [0, 0.1) is 19.3 Å². The molecule has 2 aromatic carbocycles. The van der Waals surface area contributed by atoms with Gasteiger partial charge in [0.2, 0.25) is 11.8 Å². The second-order valence-electron chi connectivity index (χ2n) is 15.1. The van der Waals surface area contributed by atoms with Gasteiger partial charge in [-0.3, -0.25) is 4.79 Å². The molecule has 280 valence electrons. The maximum atomic E-state index is 14.6. The molecule has 2 amide bonds. The number of ether oxygens (including phenoxy) is 2. The zero-order valence-electron chi connectivity index (χ0n) is 29.8. The first-order chi connectivity index (χ1) is 24.3. The highest BCUT2D eigenvalue weighted by molar-refractivity contribution is 7.92. The van der Waals surface area contributed by atoms with Crippen LogP contribution < -0.4 is 14.8 Å². The summed E-state index contributed by atoms with van der Waals surface area (Å²) in [5.41, 5.74) is 0.111. The molecule has 4 bridgehead atoms. The molecule has 0 spiro atoms. The van der Waals surface area contributed by atoms with Crippen LogP contribution >= 0.6 is 0 Å². The predicted molar refractivity (Wildman–Crippen MR) is 187 cm³/mol. The quantitative estimate of drug-likeness (QED) is 0.277. The fraction of sp³-hybridized carbons (Fsp3) is 0.514. The Morgan fingerprint density at radius 2 is 1.67 bits per heavy atom. The van der Waals surface area contributed by atoms with Crippen molar-refractivity contribution in [2.45, 2.75) is 114 Å². The maximum Gasteiger partial charge on any atom is 0.407 e. The fourth-order valence-corrected chi connectivity index (χ4v) is 8.23. The number of nitrogens with one attached hydrogen (secondary N) is 2. The van der Waals surface area contributed by atoms with Crippen molar-refractivity contribution >= 4 is 28.0 Å². The molecule has 1 aliphatic heterocycles. The summed E-state index contributed by atoms with van der Waals surface area (Å²) in [4.78, 5) is 37.1. The van der Waals surface area contributed by atoms with Crippen LogP contribution in [0.25, 0.3) is 11.3 Å². The van der Waals surface area contributed by atoms with E-state index in [0.29, 0.717) is 31.4 Å². The number of benzene rings is 2. The first-order valence-electron chi connectivity index (χ1n) is 17.4. The molecular formula is C37H44F3N5O6S. The van der Waals surface area contributed by atoms with Gasteiger partial charge in [0.15, 0.2) is 0 Å². The number of anilines is 1. The van der Waals surface area contributed by atoms with Gasteiger partial charge in [-0.25, -0.2) is 22.9 Å². The number of fused-ring (bicyclic) bond motifs is 4. The van der Waals surface area contributed by atoms with Crippen LogP contribution in [0.2, 0.25) is 0 Å². The summed E-state index contributed by atoms with van der Waals surface area (Å²) < 4.78 is 85.1. The number of amides is 2. The van der Waals surface area contributed by atoms with Crippen molar-refractivity contribution in [2.24, 2.45) is 5.41 Å². The van der Waals surface area contributed by atoms with Crippen LogP contribution in [0.1, 0.15) is 87.2 Å². The minimum absolute atomic E-state index is 0.00170. The number of hydrogen-bond donors (Lipinski definition) is 2. The monoisotopic (exact) mass is 743 g/mol. The van der Waals surface area contributed by atoms with E-state index < -0.39 is 57.7 Å². The summed E-state index contributed by atoms with van der Waals surface area (Å²) in [7, 11) is -4.33. The van der Waals surface area contributed by atoms with Crippen molar-refractivity contribution in [3.63, 3.8) is 0 Å². The van der Waals surface area contributed by atoms with Crippen LogP contribution in [0.4, 0.5) is 23.9 Å². The Bertz CT molecular complexity index is 1930. The van der Waals surface area contributed by atoms with Gasteiger partial charge in [0.1, 0.15) is 12.2 Å². The minimum atomic E-state index is -4.51. The molecule has 2 saturated carbocycles. The lowest BCUT2D eigenvalue weighted by Crippen LogP contribution is -2.54. The van der Waals surface area contributed by atoms with Crippen molar-refractivity contribution < 1.29 is 40.7 Å². The topological polar surface area (TPSA) is 140 Å². The first-order valence-corrected chi connectivity index (χ1v) is 18.9. The van der Waals surface area contributed by atoms with Crippen LogP contribution in [0.15, 0.2) is 53.4 Å². The molecule has 3 aromatic rings. The summed E-state index contributed by atoms with van der Waals surface area (Å²) in [6.45, 7) is 8.69. The Kier molecular flexibility index (Phi) is 9.96. The summed E-state index contributed by atoms with van der Waals surface area (Å²) in [5.74, 6) is -0.958. The molecule has 2 N–H and O–H groups in total. The molecule has 1 aromatic heterocycles. The van der Waals surface area contributed by atoms with Gasteiger partial charge < -0.3 is 19.7 Å².